The van der Waals surface area contributed by atoms with Gasteiger partial charge in [0.05, 0.1) is 17.2 Å². The topological polar surface area (TPSA) is 62.8 Å². The zero-order chi connectivity index (χ0) is 10.8. The van der Waals surface area contributed by atoms with Crippen LogP contribution in [0.2, 0.25) is 0 Å². The molecule has 4 heteroatoms. The fraction of sp³-hybridized carbons (Fsp3) is 0.0909. The van der Waals surface area contributed by atoms with E-state index in [1.54, 1.807) is 12.1 Å². The van der Waals surface area contributed by atoms with Crippen LogP contribution in [-0.4, -0.2) is 11.4 Å². The number of fused-ring (bicyclic) bond motifs is 1. The molecule has 15 heavy (non-hydrogen) atoms. The molecule has 0 bridgehead atoms. The highest BCUT2D eigenvalue weighted by Gasteiger charge is 2.04. The fourth-order valence-electron chi connectivity index (χ4n) is 1.40. The molecule has 0 aliphatic heterocycles. The Morgan fingerprint density at radius 2 is 2.27 bits per heavy atom. The number of hydrogen-bond donors (Lipinski definition) is 1. The first-order chi connectivity index (χ1) is 7.22. The lowest BCUT2D eigenvalue weighted by Gasteiger charge is -1.98. The van der Waals surface area contributed by atoms with Gasteiger partial charge in [-0.25, -0.2) is 0 Å². The number of aryl methyl sites for hydroxylation is 1. The van der Waals surface area contributed by atoms with Crippen LogP contribution in [0.15, 0.2) is 38.8 Å². The normalized spacial score (nSPS) is 11.3. The molecule has 2 aromatic rings. The summed E-state index contributed by atoms with van der Waals surface area (Å²) in [5, 5.41) is 11.6. The Kier molecular flexibility index (Phi) is 2.25. The zero-order valence-electron chi connectivity index (χ0n) is 8.10. The summed E-state index contributed by atoms with van der Waals surface area (Å²) in [5.74, 6) is 0. The molecule has 1 aromatic heterocycles. The van der Waals surface area contributed by atoms with Crippen molar-refractivity contribution in [3.05, 3.63) is 45.8 Å². The predicted molar refractivity (Wildman–Crippen MR) is 56.6 cm³/mol. The second-order valence-corrected chi connectivity index (χ2v) is 3.26. The molecule has 2 rings (SSSR count). The van der Waals surface area contributed by atoms with Crippen LogP contribution in [0.5, 0.6) is 0 Å². The molecule has 0 spiro atoms. The fourth-order valence-corrected chi connectivity index (χ4v) is 1.40. The maximum absolute atomic E-state index is 11.8. The van der Waals surface area contributed by atoms with E-state index in [2.05, 4.69) is 5.16 Å². The lowest BCUT2D eigenvalue weighted by molar-refractivity contribution is 0.321. The van der Waals surface area contributed by atoms with Crippen molar-refractivity contribution in [3.8, 4) is 0 Å². The van der Waals surface area contributed by atoms with Crippen LogP contribution in [0.4, 0.5) is 0 Å². The molecule has 0 fully saturated rings. The molecule has 0 radical (unpaired) electrons. The third-order valence-electron chi connectivity index (χ3n) is 2.15. The smallest absolute Gasteiger partial charge is 0.201 e. The number of hydrogen-bond acceptors (Lipinski definition) is 4. The van der Waals surface area contributed by atoms with Crippen molar-refractivity contribution in [2.75, 3.05) is 0 Å². The molecule has 0 aliphatic rings. The highest BCUT2D eigenvalue weighted by Crippen LogP contribution is 2.12. The molecule has 1 aromatic carbocycles. The number of rotatable bonds is 1. The van der Waals surface area contributed by atoms with Gasteiger partial charge in [-0.15, -0.1) is 0 Å². The Labute approximate surface area is 85.5 Å². The first kappa shape index (κ1) is 9.45. The number of oxime groups is 1. The summed E-state index contributed by atoms with van der Waals surface area (Å²) >= 11 is 0. The van der Waals surface area contributed by atoms with Crippen molar-refractivity contribution in [1.29, 1.82) is 0 Å². The Bertz CT molecular complexity index is 584. The summed E-state index contributed by atoms with van der Waals surface area (Å²) in [5.41, 5.74) is 1.59. The largest absolute Gasteiger partial charge is 0.463 e. The van der Waals surface area contributed by atoms with Crippen LogP contribution >= 0.6 is 0 Å². The maximum atomic E-state index is 11.8. The van der Waals surface area contributed by atoms with Gasteiger partial charge in [-0.3, -0.25) is 4.79 Å². The van der Waals surface area contributed by atoms with Crippen molar-refractivity contribution in [3.63, 3.8) is 0 Å². The second-order valence-electron chi connectivity index (χ2n) is 3.26. The molecule has 0 amide bonds. The summed E-state index contributed by atoms with van der Waals surface area (Å²) in [4.78, 5) is 11.8. The Morgan fingerprint density at radius 1 is 1.47 bits per heavy atom. The Hall–Kier alpha value is -2.10. The first-order valence-corrected chi connectivity index (χ1v) is 4.42. The summed E-state index contributed by atoms with van der Waals surface area (Å²) in [7, 11) is 0. The Morgan fingerprint density at radius 3 is 3.00 bits per heavy atom. The van der Waals surface area contributed by atoms with Crippen molar-refractivity contribution >= 4 is 17.2 Å². The minimum Gasteiger partial charge on any atom is -0.463 e. The summed E-state index contributed by atoms with van der Waals surface area (Å²) < 4.78 is 5.25. The highest BCUT2D eigenvalue weighted by molar-refractivity contribution is 5.86. The van der Waals surface area contributed by atoms with Crippen molar-refractivity contribution < 1.29 is 9.62 Å². The van der Waals surface area contributed by atoms with Gasteiger partial charge in [0.2, 0.25) is 5.43 Å². The van der Waals surface area contributed by atoms with E-state index < -0.39 is 0 Å². The van der Waals surface area contributed by atoms with Crippen LogP contribution in [0.1, 0.15) is 11.1 Å². The molecule has 76 valence electrons. The van der Waals surface area contributed by atoms with Gasteiger partial charge in [-0.05, 0) is 24.6 Å². The average Bonchev–Trinajstić information content (AvgIpc) is 2.22. The van der Waals surface area contributed by atoms with Gasteiger partial charge >= 0.3 is 0 Å². The van der Waals surface area contributed by atoms with Gasteiger partial charge in [0.25, 0.3) is 0 Å². The highest BCUT2D eigenvalue weighted by atomic mass is 16.4. The van der Waals surface area contributed by atoms with E-state index in [1.807, 2.05) is 13.0 Å². The predicted octanol–water partition coefficient (Wildman–Crippen LogP) is 1.91. The van der Waals surface area contributed by atoms with Gasteiger partial charge in [0.1, 0.15) is 11.8 Å². The zero-order valence-corrected chi connectivity index (χ0v) is 8.10. The number of nitrogens with zero attached hydrogens (tertiary/aromatic N) is 1. The van der Waals surface area contributed by atoms with Gasteiger partial charge in [0.15, 0.2) is 0 Å². The van der Waals surface area contributed by atoms with Crippen LogP contribution in [-0.2, 0) is 0 Å². The van der Waals surface area contributed by atoms with Crippen LogP contribution in [0.25, 0.3) is 11.0 Å². The van der Waals surface area contributed by atoms with Crippen molar-refractivity contribution in [2.45, 2.75) is 6.92 Å². The molecule has 0 aliphatic carbocycles. The third kappa shape index (κ3) is 1.61. The molecule has 1 N–H and O–H groups in total. The van der Waals surface area contributed by atoms with Crippen LogP contribution in [0, 0.1) is 6.92 Å². The van der Waals surface area contributed by atoms with Gasteiger partial charge in [-0.1, -0.05) is 11.2 Å². The summed E-state index contributed by atoms with van der Waals surface area (Å²) in [6.45, 7) is 1.92. The summed E-state index contributed by atoms with van der Waals surface area (Å²) in [6, 6.07) is 5.32. The molecule has 0 saturated carbocycles. The molecule has 1 heterocycles. The lowest BCUT2D eigenvalue weighted by Crippen LogP contribution is -2.07. The molecule has 0 unspecified atom stereocenters. The second kappa shape index (κ2) is 3.57. The average molecular weight is 203 g/mol. The molecule has 0 atom stereocenters. The quantitative estimate of drug-likeness (QED) is 0.437. The Balaban J connectivity index is 2.80. The molecular formula is C11H9NO3. The van der Waals surface area contributed by atoms with E-state index in [0.29, 0.717) is 11.0 Å². The van der Waals surface area contributed by atoms with E-state index in [9.17, 15) is 4.79 Å². The third-order valence-corrected chi connectivity index (χ3v) is 2.15. The number of benzene rings is 1. The van der Waals surface area contributed by atoms with Crippen molar-refractivity contribution in [2.24, 2.45) is 5.16 Å². The van der Waals surface area contributed by atoms with Crippen LogP contribution in [0.3, 0.4) is 0 Å². The van der Waals surface area contributed by atoms with E-state index >= 15 is 0 Å². The van der Waals surface area contributed by atoms with Gasteiger partial charge in [-0.2, -0.15) is 0 Å². The summed E-state index contributed by atoms with van der Waals surface area (Å²) in [6.07, 6.45) is 2.34. The van der Waals surface area contributed by atoms with E-state index in [4.69, 9.17) is 9.62 Å². The minimum atomic E-state index is -0.200. The monoisotopic (exact) mass is 203 g/mol. The first-order valence-electron chi connectivity index (χ1n) is 4.42. The minimum absolute atomic E-state index is 0.200. The SMILES string of the molecule is Cc1ccc2c(=O)c(/C=N/O)coc2c1. The van der Waals surface area contributed by atoms with Crippen molar-refractivity contribution in [1.82, 2.24) is 0 Å². The van der Waals surface area contributed by atoms with E-state index in [0.717, 1.165) is 11.8 Å². The molecule has 0 saturated heterocycles. The van der Waals surface area contributed by atoms with Gasteiger partial charge < -0.3 is 9.62 Å². The van der Waals surface area contributed by atoms with Gasteiger partial charge in [0, 0.05) is 0 Å². The van der Waals surface area contributed by atoms with E-state index in [-0.39, 0.29) is 11.0 Å². The molecular weight excluding hydrogens is 194 g/mol. The van der Waals surface area contributed by atoms with Crippen LogP contribution < -0.4 is 5.43 Å². The lowest BCUT2D eigenvalue weighted by atomic mass is 10.1. The maximum Gasteiger partial charge on any atom is 0.201 e. The standard InChI is InChI=1S/C11H9NO3/c1-7-2-3-9-10(4-7)15-6-8(5-12-14)11(9)13/h2-6,14H,1H3/b12-5+. The molecule has 4 nitrogen and oxygen atoms in total. The van der Waals surface area contributed by atoms with E-state index in [1.165, 1.54) is 6.26 Å².